The van der Waals surface area contributed by atoms with E-state index in [1.165, 1.54) is 205 Å². The third-order valence-corrected chi connectivity index (χ3v) is 12.2. The molecule has 0 fully saturated rings. The van der Waals surface area contributed by atoms with Gasteiger partial charge in [0.15, 0.2) is 0 Å². The van der Waals surface area contributed by atoms with Crippen molar-refractivity contribution in [1.82, 2.24) is 4.90 Å². The van der Waals surface area contributed by atoms with Crippen LogP contribution in [0.3, 0.4) is 0 Å². The number of likely N-dealkylation sites (N-methyl/N-ethyl adjacent to an activating group) is 1. The van der Waals surface area contributed by atoms with Crippen LogP contribution in [0.25, 0.3) is 0 Å². The van der Waals surface area contributed by atoms with Crippen LogP contribution >= 0.6 is 0 Å². The van der Waals surface area contributed by atoms with E-state index >= 15 is 0 Å². The molecule has 0 unspecified atom stereocenters. The fraction of sp³-hybridized carbons (Fsp3) is 0.867. The molecule has 0 saturated carbocycles. The Labute approximate surface area is 414 Å². The number of unbranched alkanes of at least 4 members (excludes halogenated alkanes) is 28. The maximum absolute atomic E-state index is 9.90. The Kier molecular flexibility index (Phi) is 62.5. The normalized spacial score (nSPS) is 13.0. The molecule has 0 aromatic heterocycles. The molecule has 0 aromatic carbocycles. The largest absolute Gasteiger partial charge is 0.388 e. The first-order chi connectivity index (χ1) is 32.5. The van der Waals surface area contributed by atoms with Gasteiger partial charge in [-0.2, -0.15) is 0 Å². The molecule has 0 aliphatic carbocycles. The van der Waals surface area contributed by atoms with Crippen LogP contribution in [0.2, 0.25) is 0 Å². The van der Waals surface area contributed by atoms with Crippen molar-refractivity contribution in [2.45, 2.75) is 271 Å². The summed E-state index contributed by atoms with van der Waals surface area (Å²) < 4.78 is 23.0. The molecule has 0 bridgehead atoms. The maximum atomic E-state index is 9.90. The minimum absolute atomic E-state index is 0.365. The lowest BCUT2D eigenvalue weighted by Crippen LogP contribution is -2.37. The van der Waals surface area contributed by atoms with E-state index in [1.54, 1.807) is 0 Å². The minimum Gasteiger partial charge on any atom is -0.388 e. The van der Waals surface area contributed by atoms with Crippen LogP contribution < -0.4 is 0 Å². The van der Waals surface area contributed by atoms with Gasteiger partial charge in [0, 0.05) is 26.4 Å². The van der Waals surface area contributed by atoms with Crippen LogP contribution in [0.4, 0.5) is 0 Å². The Bertz CT molecular complexity index is 980. The van der Waals surface area contributed by atoms with Gasteiger partial charge in [0.2, 0.25) is 0 Å². The lowest BCUT2D eigenvalue weighted by molar-refractivity contribution is -0.0201. The summed E-state index contributed by atoms with van der Waals surface area (Å²) in [5.74, 6) is 0. The number of aliphatic hydroxyl groups is 1. The summed E-state index contributed by atoms with van der Waals surface area (Å²) in [5.41, 5.74) is 0. The minimum atomic E-state index is -0.486. The monoisotopic (exact) mass is 932 g/mol. The highest BCUT2D eigenvalue weighted by molar-refractivity contribution is 4.93. The Morgan fingerprint density at radius 2 is 0.561 bits per heavy atom. The van der Waals surface area contributed by atoms with Crippen molar-refractivity contribution in [2.24, 2.45) is 0 Å². The fourth-order valence-electron chi connectivity index (χ4n) is 7.63. The average Bonchev–Trinajstić information content (AvgIpc) is 3.31. The molecule has 0 aliphatic rings. The molecule has 1 N–H and O–H groups in total. The van der Waals surface area contributed by atoms with Crippen LogP contribution in [-0.4, -0.2) is 89.1 Å². The van der Waals surface area contributed by atoms with Gasteiger partial charge in [-0.05, 0) is 104 Å². The molecule has 0 spiro atoms. The summed E-state index contributed by atoms with van der Waals surface area (Å²) in [7, 11) is 4.26. The predicted molar refractivity (Wildman–Crippen MR) is 292 cm³/mol. The van der Waals surface area contributed by atoms with Gasteiger partial charge < -0.3 is 29.0 Å². The zero-order valence-corrected chi connectivity index (χ0v) is 45.4. The maximum Gasteiger partial charge on any atom is 0.101 e. The van der Waals surface area contributed by atoms with Crippen molar-refractivity contribution < 1.29 is 24.1 Å². The van der Waals surface area contributed by atoms with E-state index < -0.39 is 6.10 Å². The molecular formula is C60H117NO5. The zero-order chi connectivity index (χ0) is 48.3. The van der Waals surface area contributed by atoms with E-state index in [-0.39, 0.29) is 0 Å². The van der Waals surface area contributed by atoms with Crippen LogP contribution in [0, 0.1) is 0 Å². The van der Waals surface area contributed by atoms with Crippen molar-refractivity contribution >= 4 is 0 Å². The number of aliphatic hydroxyl groups excluding tert-OH is 1. The van der Waals surface area contributed by atoms with Gasteiger partial charge in [-0.1, -0.05) is 218 Å². The molecule has 0 rings (SSSR count). The molecule has 392 valence electrons. The highest BCUT2D eigenvalue weighted by Crippen LogP contribution is 2.11. The Morgan fingerprint density at radius 3 is 0.864 bits per heavy atom. The van der Waals surface area contributed by atoms with E-state index in [9.17, 15) is 5.11 Å². The van der Waals surface area contributed by atoms with Gasteiger partial charge in [0.05, 0.1) is 32.5 Å². The summed E-state index contributed by atoms with van der Waals surface area (Å²) in [6.07, 6.45) is 64.2. The SMILES string of the molecule is CCCCC/C=C\C/C=C\CCCCCCCCOC[C@H](COCCCCCCCC)N(C)C.CCCCC/C=C\C/C=C\CCCCCCCCOC[C@H](O)COCCCCCCCC. The van der Waals surface area contributed by atoms with E-state index in [0.717, 1.165) is 65.3 Å². The lowest BCUT2D eigenvalue weighted by Gasteiger charge is -2.24. The summed E-state index contributed by atoms with van der Waals surface area (Å²) in [4.78, 5) is 2.24. The van der Waals surface area contributed by atoms with Crippen molar-refractivity contribution in [1.29, 1.82) is 0 Å². The highest BCUT2D eigenvalue weighted by Gasteiger charge is 2.12. The Balaban J connectivity index is 0. The van der Waals surface area contributed by atoms with Crippen molar-refractivity contribution in [2.75, 3.05) is 67.0 Å². The third-order valence-electron chi connectivity index (χ3n) is 12.2. The second-order valence-corrected chi connectivity index (χ2v) is 19.3. The van der Waals surface area contributed by atoms with Crippen molar-refractivity contribution in [3.63, 3.8) is 0 Å². The number of allylic oxidation sites excluding steroid dienone is 8. The standard InChI is InChI=1S/C31H61NO2.C29H56O3/c1-5-7-9-11-13-14-15-16-17-18-19-20-21-22-24-26-28-34-30-31(32(3)4)29-33-27-25-23-12-10-8-6-2;1-3-5-7-9-11-12-13-14-15-16-17-18-19-20-22-24-26-32-28-29(30)27-31-25-23-21-10-8-6-4-2/h13-14,16-17,31H,5-12,15,18-30H2,1-4H3;11-12,14-15,29-30H,3-10,13,16-28H2,1-2H3/b14-13-,17-16-;12-11-,15-14-/t31-;29-/m01/s1. The topological polar surface area (TPSA) is 60.4 Å². The van der Waals surface area contributed by atoms with Crippen LogP contribution in [0.15, 0.2) is 48.6 Å². The number of rotatable bonds is 53. The second-order valence-electron chi connectivity index (χ2n) is 19.3. The smallest absolute Gasteiger partial charge is 0.101 e. The quantitative estimate of drug-likeness (QED) is 0.0484. The molecule has 0 saturated heterocycles. The summed E-state index contributed by atoms with van der Waals surface area (Å²) in [5, 5.41) is 9.90. The number of hydrogen-bond acceptors (Lipinski definition) is 6. The fourth-order valence-corrected chi connectivity index (χ4v) is 7.63. The average molecular weight is 933 g/mol. The van der Waals surface area contributed by atoms with E-state index in [2.05, 4.69) is 95.3 Å². The molecule has 6 nitrogen and oxygen atoms in total. The molecule has 0 amide bonds. The molecular weight excluding hydrogens is 815 g/mol. The van der Waals surface area contributed by atoms with E-state index in [1.807, 2.05) is 0 Å². The molecule has 0 radical (unpaired) electrons. The number of nitrogens with zero attached hydrogens (tertiary/aromatic N) is 1. The summed E-state index contributed by atoms with van der Waals surface area (Å²) in [6.45, 7) is 14.7. The first-order valence-electron chi connectivity index (χ1n) is 28.8. The summed E-state index contributed by atoms with van der Waals surface area (Å²) in [6, 6.07) is 0.365. The van der Waals surface area contributed by atoms with Crippen LogP contribution in [0.5, 0.6) is 0 Å². The molecule has 0 aromatic rings. The van der Waals surface area contributed by atoms with Crippen molar-refractivity contribution in [3.8, 4) is 0 Å². The molecule has 2 atom stereocenters. The summed E-state index contributed by atoms with van der Waals surface area (Å²) >= 11 is 0. The zero-order valence-electron chi connectivity index (χ0n) is 45.4. The first kappa shape index (κ1) is 66.8. The van der Waals surface area contributed by atoms with Crippen molar-refractivity contribution in [3.05, 3.63) is 48.6 Å². The van der Waals surface area contributed by atoms with Gasteiger partial charge in [0.25, 0.3) is 0 Å². The van der Waals surface area contributed by atoms with Gasteiger partial charge >= 0.3 is 0 Å². The molecule has 66 heavy (non-hydrogen) atoms. The lowest BCUT2D eigenvalue weighted by atomic mass is 10.1. The number of ether oxygens (including phenoxy) is 4. The molecule has 0 aliphatic heterocycles. The second kappa shape index (κ2) is 61.7. The van der Waals surface area contributed by atoms with E-state index in [0.29, 0.717) is 19.3 Å². The van der Waals surface area contributed by atoms with Gasteiger partial charge in [-0.3, -0.25) is 0 Å². The van der Waals surface area contributed by atoms with Gasteiger partial charge in [-0.25, -0.2) is 0 Å². The number of hydrogen-bond donors (Lipinski definition) is 1. The van der Waals surface area contributed by atoms with Gasteiger partial charge in [0.1, 0.15) is 6.10 Å². The van der Waals surface area contributed by atoms with Gasteiger partial charge in [-0.15, -0.1) is 0 Å². The third kappa shape index (κ3) is 60.7. The Morgan fingerprint density at radius 1 is 0.318 bits per heavy atom. The highest BCUT2D eigenvalue weighted by atomic mass is 16.5. The molecule has 0 heterocycles. The Hall–Kier alpha value is -1.28. The van der Waals surface area contributed by atoms with Crippen LogP contribution in [0.1, 0.15) is 259 Å². The first-order valence-corrected chi connectivity index (χ1v) is 28.8. The van der Waals surface area contributed by atoms with E-state index in [4.69, 9.17) is 18.9 Å². The predicted octanol–water partition coefficient (Wildman–Crippen LogP) is 17.7. The molecule has 6 heteroatoms. The van der Waals surface area contributed by atoms with Crippen LogP contribution in [-0.2, 0) is 18.9 Å².